The molecular formula is C15H25NO4. The lowest BCUT2D eigenvalue weighted by molar-refractivity contribution is -0.148. The van der Waals surface area contributed by atoms with E-state index in [-0.39, 0.29) is 30.6 Å². The molecule has 0 aromatic carbocycles. The number of aliphatic hydroxyl groups excluding tert-OH is 1. The van der Waals surface area contributed by atoms with Crippen LogP contribution < -0.4 is 0 Å². The summed E-state index contributed by atoms with van der Waals surface area (Å²) in [6.07, 6.45) is 5.07. The van der Waals surface area contributed by atoms with Gasteiger partial charge in [-0.1, -0.05) is 6.42 Å². The fourth-order valence-electron chi connectivity index (χ4n) is 3.39. The van der Waals surface area contributed by atoms with Crippen LogP contribution in [-0.2, 0) is 14.3 Å². The van der Waals surface area contributed by atoms with Crippen molar-refractivity contribution < 1.29 is 19.4 Å². The van der Waals surface area contributed by atoms with Gasteiger partial charge in [0, 0.05) is 12.5 Å². The van der Waals surface area contributed by atoms with Crippen molar-refractivity contribution in [2.45, 2.75) is 44.2 Å². The van der Waals surface area contributed by atoms with Gasteiger partial charge in [0.1, 0.15) is 6.61 Å². The summed E-state index contributed by atoms with van der Waals surface area (Å²) in [7, 11) is 0. The molecule has 2 saturated carbocycles. The Morgan fingerprint density at radius 3 is 2.85 bits per heavy atom. The van der Waals surface area contributed by atoms with Crippen molar-refractivity contribution in [3.05, 3.63) is 0 Å². The maximum atomic E-state index is 12.3. The van der Waals surface area contributed by atoms with E-state index in [0.717, 1.165) is 19.3 Å². The third-order valence-electron chi connectivity index (χ3n) is 4.79. The van der Waals surface area contributed by atoms with Crippen LogP contribution in [0.4, 0.5) is 0 Å². The zero-order valence-electron chi connectivity index (χ0n) is 12.0. The van der Waals surface area contributed by atoms with Crippen molar-refractivity contribution in [1.82, 2.24) is 4.90 Å². The zero-order chi connectivity index (χ0) is 13.9. The van der Waals surface area contributed by atoms with Gasteiger partial charge in [-0.05, 0) is 31.6 Å². The Balaban J connectivity index is 1.54. The number of amides is 1. The number of ether oxygens (including phenoxy) is 2. The SMILES string of the molecule is O=C(COCC1CC1)N1CCOC[C@@H]1[C@H]1CCC[C@H]1O. The van der Waals surface area contributed by atoms with Crippen LogP contribution >= 0.6 is 0 Å². The molecule has 1 aliphatic heterocycles. The van der Waals surface area contributed by atoms with E-state index in [1.807, 2.05) is 4.90 Å². The average molecular weight is 283 g/mol. The molecule has 0 bridgehead atoms. The van der Waals surface area contributed by atoms with Gasteiger partial charge in [0.05, 0.1) is 32.0 Å². The van der Waals surface area contributed by atoms with E-state index in [4.69, 9.17) is 9.47 Å². The second kappa shape index (κ2) is 6.41. The molecule has 0 aromatic rings. The van der Waals surface area contributed by atoms with E-state index in [0.29, 0.717) is 32.3 Å². The van der Waals surface area contributed by atoms with Crippen LogP contribution in [0.1, 0.15) is 32.1 Å². The molecule has 0 unspecified atom stereocenters. The van der Waals surface area contributed by atoms with Crippen LogP contribution in [0.3, 0.4) is 0 Å². The number of aliphatic hydroxyl groups is 1. The summed E-state index contributed by atoms with van der Waals surface area (Å²) in [4.78, 5) is 14.2. The first-order chi connectivity index (χ1) is 9.75. The van der Waals surface area contributed by atoms with Crippen molar-refractivity contribution >= 4 is 5.91 Å². The van der Waals surface area contributed by atoms with Gasteiger partial charge < -0.3 is 19.5 Å². The molecule has 3 rings (SSSR count). The maximum Gasteiger partial charge on any atom is 0.248 e. The highest BCUT2D eigenvalue weighted by atomic mass is 16.5. The number of rotatable bonds is 5. The minimum absolute atomic E-state index is 0.0262. The smallest absolute Gasteiger partial charge is 0.248 e. The largest absolute Gasteiger partial charge is 0.393 e. The summed E-state index contributed by atoms with van der Waals surface area (Å²) in [5.41, 5.74) is 0. The van der Waals surface area contributed by atoms with Crippen LogP contribution in [0, 0.1) is 11.8 Å². The van der Waals surface area contributed by atoms with E-state index in [2.05, 4.69) is 0 Å². The Labute approximate surface area is 120 Å². The molecule has 20 heavy (non-hydrogen) atoms. The maximum absolute atomic E-state index is 12.3. The Morgan fingerprint density at radius 2 is 2.15 bits per heavy atom. The lowest BCUT2D eigenvalue weighted by Crippen LogP contribution is -2.54. The van der Waals surface area contributed by atoms with Gasteiger partial charge in [-0.2, -0.15) is 0 Å². The average Bonchev–Trinajstić information content (AvgIpc) is 3.19. The second-order valence-electron chi connectivity index (χ2n) is 6.35. The van der Waals surface area contributed by atoms with Crippen LogP contribution in [0.5, 0.6) is 0 Å². The fraction of sp³-hybridized carbons (Fsp3) is 0.933. The summed E-state index contributed by atoms with van der Waals surface area (Å²) in [6, 6.07) is 0.0262. The zero-order valence-corrected chi connectivity index (χ0v) is 12.0. The molecule has 1 amide bonds. The van der Waals surface area contributed by atoms with Crippen molar-refractivity contribution in [2.75, 3.05) is 33.0 Å². The van der Waals surface area contributed by atoms with Gasteiger partial charge >= 0.3 is 0 Å². The third kappa shape index (κ3) is 3.32. The van der Waals surface area contributed by atoms with Gasteiger partial charge in [-0.25, -0.2) is 0 Å². The molecule has 0 spiro atoms. The lowest BCUT2D eigenvalue weighted by atomic mass is 9.94. The van der Waals surface area contributed by atoms with Gasteiger partial charge in [-0.15, -0.1) is 0 Å². The van der Waals surface area contributed by atoms with Crippen molar-refractivity contribution in [1.29, 1.82) is 0 Å². The molecule has 5 heteroatoms. The second-order valence-corrected chi connectivity index (χ2v) is 6.35. The standard InChI is InChI=1S/C15H25NO4/c17-14-3-1-2-12(14)13-9-19-7-6-16(13)15(18)10-20-8-11-4-5-11/h11-14,17H,1-10H2/t12-,13-,14-/m1/s1. The molecule has 1 heterocycles. The highest BCUT2D eigenvalue weighted by Crippen LogP contribution is 2.32. The molecular weight excluding hydrogens is 258 g/mol. The van der Waals surface area contributed by atoms with E-state index in [1.54, 1.807) is 0 Å². The van der Waals surface area contributed by atoms with Crippen LogP contribution in [0.15, 0.2) is 0 Å². The molecule has 5 nitrogen and oxygen atoms in total. The van der Waals surface area contributed by atoms with Gasteiger partial charge in [0.15, 0.2) is 0 Å². The molecule has 3 aliphatic rings. The van der Waals surface area contributed by atoms with Gasteiger partial charge in [-0.3, -0.25) is 4.79 Å². The predicted molar refractivity (Wildman–Crippen MR) is 73.2 cm³/mol. The normalized spacial score (nSPS) is 34.5. The number of carbonyl (C=O) groups is 1. The number of hydrogen-bond donors (Lipinski definition) is 1. The van der Waals surface area contributed by atoms with Crippen LogP contribution in [0.2, 0.25) is 0 Å². The fourth-order valence-corrected chi connectivity index (χ4v) is 3.39. The number of carbonyl (C=O) groups excluding carboxylic acids is 1. The summed E-state index contributed by atoms with van der Waals surface area (Å²) in [5, 5.41) is 10.1. The summed E-state index contributed by atoms with van der Waals surface area (Å²) < 4.78 is 11.0. The molecule has 1 N–H and O–H groups in total. The van der Waals surface area contributed by atoms with Crippen LogP contribution in [0.25, 0.3) is 0 Å². The Morgan fingerprint density at radius 1 is 1.30 bits per heavy atom. The van der Waals surface area contributed by atoms with E-state index in [1.165, 1.54) is 12.8 Å². The van der Waals surface area contributed by atoms with Gasteiger partial charge in [0.25, 0.3) is 0 Å². The van der Waals surface area contributed by atoms with Crippen LogP contribution in [-0.4, -0.2) is 61.0 Å². The molecule has 2 aliphatic carbocycles. The highest BCUT2D eigenvalue weighted by molar-refractivity contribution is 5.78. The van der Waals surface area contributed by atoms with Crippen molar-refractivity contribution in [3.63, 3.8) is 0 Å². The molecule has 0 radical (unpaired) electrons. The van der Waals surface area contributed by atoms with Crippen molar-refractivity contribution in [2.24, 2.45) is 11.8 Å². The first-order valence-electron chi connectivity index (χ1n) is 7.88. The summed E-state index contributed by atoms with van der Waals surface area (Å²) in [5.74, 6) is 0.903. The quantitative estimate of drug-likeness (QED) is 0.811. The Bertz CT molecular complexity index is 345. The number of hydrogen-bond acceptors (Lipinski definition) is 4. The Kier molecular flexibility index (Phi) is 4.58. The molecule has 3 fully saturated rings. The Hall–Kier alpha value is -0.650. The van der Waals surface area contributed by atoms with Crippen molar-refractivity contribution in [3.8, 4) is 0 Å². The number of nitrogens with zero attached hydrogens (tertiary/aromatic N) is 1. The third-order valence-corrected chi connectivity index (χ3v) is 4.79. The topological polar surface area (TPSA) is 59.0 Å². The minimum Gasteiger partial charge on any atom is -0.393 e. The molecule has 3 atom stereocenters. The molecule has 0 aromatic heterocycles. The first kappa shape index (κ1) is 14.3. The highest BCUT2D eigenvalue weighted by Gasteiger charge is 2.39. The summed E-state index contributed by atoms with van der Waals surface area (Å²) >= 11 is 0. The monoisotopic (exact) mass is 283 g/mol. The van der Waals surface area contributed by atoms with E-state index >= 15 is 0 Å². The van der Waals surface area contributed by atoms with E-state index in [9.17, 15) is 9.90 Å². The molecule has 114 valence electrons. The van der Waals surface area contributed by atoms with Gasteiger partial charge in [0.2, 0.25) is 5.91 Å². The van der Waals surface area contributed by atoms with E-state index < -0.39 is 0 Å². The summed E-state index contributed by atoms with van der Waals surface area (Å²) in [6.45, 7) is 2.66. The minimum atomic E-state index is -0.288. The predicted octanol–water partition coefficient (Wildman–Crippen LogP) is 0.801. The molecule has 1 saturated heterocycles. The first-order valence-corrected chi connectivity index (χ1v) is 7.88. The lowest BCUT2D eigenvalue weighted by Gasteiger charge is -2.40. The number of morpholine rings is 1.